The summed E-state index contributed by atoms with van der Waals surface area (Å²) in [6.45, 7) is 0.602. The smallest absolute Gasteiger partial charge is 0.210 e. The molecule has 0 fully saturated rings. The number of hydrazone groups is 1. The molecule has 0 unspecified atom stereocenters. The second-order valence-electron chi connectivity index (χ2n) is 9.16. The zero-order valence-electron chi connectivity index (χ0n) is 19.0. The van der Waals surface area contributed by atoms with Crippen molar-refractivity contribution < 1.29 is 4.79 Å². The summed E-state index contributed by atoms with van der Waals surface area (Å²) in [6, 6.07) is 37.5. The molecule has 1 aliphatic heterocycles. The van der Waals surface area contributed by atoms with Gasteiger partial charge in [0.15, 0.2) is 0 Å². The van der Waals surface area contributed by atoms with Gasteiger partial charge >= 0.3 is 0 Å². The maximum atomic E-state index is 14.2. The van der Waals surface area contributed by atoms with Gasteiger partial charge in [0, 0.05) is 12.1 Å². The van der Waals surface area contributed by atoms with Gasteiger partial charge in [-0.2, -0.15) is 5.10 Å². The lowest BCUT2D eigenvalue weighted by Gasteiger charge is -2.18. The molecule has 1 atom stereocenters. The van der Waals surface area contributed by atoms with Gasteiger partial charge in [-0.15, -0.1) is 0 Å². The Morgan fingerprint density at radius 1 is 0.629 bits per heavy atom. The topological polar surface area (TPSA) is 41.5 Å². The Morgan fingerprint density at radius 3 is 1.80 bits per heavy atom. The fourth-order valence-corrected chi connectivity index (χ4v) is 5.65. The molecular weight excluding hydrogens is 428 g/mol. The van der Waals surface area contributed by atoms with Crippen LogP contribution in [0, 0.1) is 0 Å². The zero-order valence-corrected chi connectivity index (χ0v) is 19.0. The molecule has 1 N–H and O–H groups in total. The van der Waals surface area contributed by atoms with Crippen LogP contribution in [0.2, 0.25) is 0 Å². The van der Waals surface area contributed by atoms with Crippen LogP contribution in [0.4, 0.5) is 0 Å². The molecule has 0 aromatic heterocycles. The molecule has 0 radical (unpaired) electrons. The zero-order chi connectivity index (χ0) is 23.4. The molecule has 6 aromatic carbocycles. The highest BCUT2D eigenvalue weighted by Crippen LogP contribution is 2.37. The van der Waals surface area contributed by atoms with Crippen LogP contribution < -0.4 is 5.43 Å². The first kappa shape index (κ1) is 19.9. The van der Waals surface area contributed by atoms with Crippen LogP contribution in [0.3, 0.4) is 0 Å². The number of hydrogen-bond donors (Lipinski definition) is 1. The third kappa shape index (κ3) is 3.05. The van der Waals surface area contributed by atoms with E-state index in [1.54, 1.807) is 0 Å². The summed E-state index contributed by atoms with van der Waals surface area (Å²) in [6.07, 6.45) is 0. The number of carbonyl (C=O) groups excluding carboxylic acids is 1. The van der Waals surface area contributed by atoms with Crippen molar-refractivity contribution in [3.63, 3.8) is 0 Å². The quantitative estimate of drug-likeness (QED) is 0.176. The Labute approximate surface area is 202 Å². The Hall–Kier alpha value is -4.50. The first-order chi connectivity index (χ1) is 17.3. The minimum atomic E-state index is -0.135. The number of fused-ring (bicyclic) bond motifs is 5. The summed E-state index contributed by atoms with van der Waals surface area (Å²) >= 11 is 0. The van der Waals surface area contributed by atoms with Crippen molar-refractivity contribution in [1.29, 1.82) is 0 Å². The number of nitrogens with one attached hydrogen (secondary N) is 1. The van der Waals surface area contributed by atoms with Crippen LogP contribution in [-0.4, -0.2) is 18.0 Å². The van der Waals surface area contributed by atoms with Gasteiger partial charge in [0.1, 0.15) is 5.71 Å². The van der Waals surface area contributed by atoms with Gasteiger partial charge in [-0.1, -0.05) is 97.1 Å². The minimum Gasteiger partial charge on any atom is -0.309 e. The normalized spacial score (nSPS) is 15.5. The molecule has 3 nitrogen and oxygen atoms in total. The molecule has 3 heteroatoms. The largest absolute Gasteiger partial charge is 0.309 e. The summed E-state index contributed by atoms with van der Waals surface area (Å²) in [5.41, 5.74) is 5.60. The second-order valence-corrected chi connectivity index (χ2v) is 9.16. The van der Waals surface area contributed by atoms with E-state index in [2.05, 4.69) is 83.3 Å². The Balaban J connectivity index is 1.45. The van der Waals surface area contributed by atoms with Crippen LogP contribution in [-0.2, 0) is 0 Å². The van der Waals surface area contributed by atoms with E-state index < -0.39 is 0 Å². The number of ketones is 1. The molecule has 1 aliphatic rings. The van der Waals surface area contributed by atoms with E-state index >= 15 is 0 Å². The molecule has 0 spiro atoms. The number of rotatable bonds is 3. The van der Waals surface area contributed by atoms with Gasteiger partial charge in [0.05, 0.1) is 5.92 Å². The van der Waals surface area contributed by atoms with Crippen LogP contribution in [0.5, 0.6) is 0 Å². The van der Waals surface area contributed by atoms with E-state index in [0.29, 0.717) is 17.8 Å². The van der Waals surface area contributed by atoms with Gasteiger partial charge in [-0.05, 0) is 60.8 Å². The van der Waals surface area contributed by atoms with Crippen molar-refractivity contribution in [3.8, 4) is 0 Å². The third-order valence-corrected chi connectivity index (χ3v) is 7.23. The number of nitrogens with zero attached hydrogens (tertiary/aromatic N) is 1. The fraction of sp³-hybridized carbons (Fsp3) is 0.0625. The molecule has 6 aromatic rings. The Kier molecular flexibility index (Phi) is 4.43. The standard InChI is InChI=1S/C32H22N2O/c35-32(28-18-22-11-1-4-12-23(22)26-15-7-8-16-27(26)28)31-29(19-33-34-31)30-24-13-5-2-9-20(24)17-21-10-3-6-14-25(21)30/h1-18,29,33H,19H2/t29-/m0/s1. The highest BCUT2D eigenvalue weighted by atomic mass is 16.1. The molecule has 7 rings (SSSR count). The number of carbonyl (C=O) groups is 1. The van der Waals surface area contributed by atoms with Crippen LogP contribution >= 0.6 is 0 Å². The predicted octanol–water partition coefficient (Wildman–Crippen LogP) is 7.23. The lowest BCUT2D eigenvalue weighted by atomic mass is 9.83. The molecule has 0 saturated carbocycles. The van der Waals surface area contributed by atoms with Gasteiger partial charge in [0.2, 0.25) is 5.78 Å². The van der Waals surface area contributed by atoms with E-state index in [0.717, 1.165) is 21.5 Å². The predicted molar refractivity (Wildman–Crippen MR) is 145 cm³/mol. The van der Waals surface area contributed by atoms with E-state index in [1.165, 1.54) is 27.1 Å². The average molecular weight is 451 g/mol. The third-order valence-electron chi connectivity index (χ3n) is 7.23. The molecule has 35 heavy (non-hydrogen) atoms. The molecule has 1 heterocycles. The highest BCUT2D eigenvalue weighted by molar-refractivity contribution is 6.50. The molecule has 0 bridgehead atoms. The van der Waals surface area contributed by atoms with Crippen LogP contribution in [0.25, 0.3) is 43.1 Å². The first-order valence-corrected chi connectivity index (χ1v) is 12.0. The highest BCUT2D eigenvalue weighted by Gasteiger charge is 2.32. The molecule has 0 saturated heterocycles. The van der Waals surface area contributed by atoms with Gasteiger partial charge in [-0.25, -0.2) is 0 Å². The lowest BCUT2D eigenvalue weighted by Crippen LogP contribution is -2.22. The Morgan fingerprint density at radius 2 is 1.14 bits per heavy atom. The average Bonchev–Trinajstić information content (AvgIpc) is 3.40. The number of benzene rings is 6. The molecule has 0 amide bonds. The maximum Gasteiger partial charge on any atom is 0.210 e. The van der Waals surface area contributed by atoms with Crippen LogP contribution in [0.15, 0.2) is 114 Å². The van der Waals surface area contributed by atoms with Gasteiger partial charge in [-0.3, -0.25) is 4.79 Å². The SMILES string of the molecule is O=C(C1=NNC[C@H]1c1c2ccccc2cc2ccccc12)c1cc2ccccc2c2ccccc12. The monoisotopic (exact) mass is 450 g/mol. The Bertz CT molecular complexity index is 1780. The van der Waals surface area contributed by atoms with E-state index in [9.17, 15) is 4.79 Å². The van der Waals surface area contributed by atoms with E-state index in [4.69, 9.17) is 0 Å². The van der Waals surface area contributed by atoms with Crippen molar-refractivity contribution in [1.82, 2.24) is 5.43 Å². The minimum absolute atomic E-state index is 0.0148. The summed E-state index contributed by atoms with van der Waals surface area (Å²) in [5.74, 6) is -0.150. The number of hydrogen-bond acceptors (Lipinski definition) is 3. The summed E-state index contributed by atoms with van der Waals surface area (Å²) in [7, 11) is 0. The van der Waals surface area contributed by atoms with Crippen molar-refractivity contribution >= 4 is 54.6 Å². The van der Waals surface area contributed by atoms with Crippen molar-refractivity contribution in [2.75, 3.05) is 6.54 Å². The number of Topliss-reactive ketones (excluding diaryl/α,β-unsaturated/α-hetero) is 1. The van der Waals surface area contributed by atoms with Crippen molar-refractivity contribution in [2.24, 2.45) is 5.10 Å². The summed E-state index contributed by atoms with van der Waals surface area (Å²) in [4.78, 5) is 14.2. The van der Waals surface area contributed by atoms with Gasteiger partial charge < -0.3 is 5.43 Å². The van der Waals surface area contributed by atoms with Crippen molar-refractivity contribution in [3.05, 3.63) is 120 Å². The van der Waals surface area contributed by atoms with Crippen molar-refractivity contribution in [2.45, 2.75) is 5.92 Å². The second kappa shape index (κ2) is 7.78. The van der Waals surface area contributed by atoms with Gasteiger partial charge in [0.25, 0.3) is 0 Å². The summed E-state index contributed by atoms with van der Waals surface area (Å²) < 4.78 is 0. The lowest BCUT2D eigenvalue weighted by molar-refractivity contribution is 0.106. The molecular formula is C32H22N2O. The van der Waals surface area contributed by atoms with E-state index in [1.807, 2.05) is 36.4 Å². The molecule has 166 valence electrons. The fourth-order valence-electron chi connectivity index (χ4n) is 5.65. The first-order valence-electron chi connectivity index (χ1n) is 12.0. The molecule has 0 aliphatic carbocycles. The summed E-state index contributed by atoms with van der Waals surface area (Å²) in [5, 5.41) is 13.6. The van der Waals surface area contributed by atoms with Crippen LogP contribution in [0.1, 0.15) is 21.8 Å². The maximum absolute atomic E-state index is 14.2. The van der Waals surface area contributed by atoms with E-state index in [-0.39, 0.29) is 11.7 Å².